The third-order valence-electron chi connectivity index (χ3n) is 8.72. The van der Waals surface area contributed by atoms with Crippen LogP contribution in [0.25, 0.3) is 11.1 Å². The molecule has 40 heavy (non-hydrogen) atoms. The molecular formula is C32H40N2O6. The number of piperidine rings is 1. The molecule has 0 spiro atoms. The topological polar surface area (TPSA) is 96.4 Å². The minimum absolute atomic E-state index is 0.0428. The average Bonchev–Trinajstić information content (AvgIpc) is 3.21. The zero-order valence-electron chi connectivity index (χ0n) is 23.8. The van der Waals surface area contributed by atoms with E-state index in [1.807, 2.05) is 52.0 Å². The van der Waals surface area contributed by atoms with Crippen molar-refractivity contribution in [1.29, 1.82) is 0 Å². The Bertz CT molecular complexity index is 1210. The van der Waals surface area contributed by atoms with E-state index in [0.717, 1.165) is 24.0 Å². The van der Waals surface area contributed by atoms with Crippen LogP contribution in [0.5, 0.6) is 0 Å². The maximum Gasteiger partial charge on any atom is 0.410 e. The first-order chi connectivity index (χ1) is 19.0. The molecule has 2 fully saturated rings. The summed E-state index contributed by atoms with van der Waals surface area (Å²) in [7, 11) is 0. The summed E-state index contributed by atoms with van der Waals surface area (Å²) in [5, 5.41) is 9.47. The summed E-state index contributed by atoms with van der Waals surface area (Å²) in [6, 6.07) is 16.2. The van der Waals surface area contributed by atoms with Crippen molar-refractivity contribution in [1.82, 2.24) is 9.80 Å². The van der Waals surface area contributed by atoms with Crippen LogP contribution in [0.1, 0.15) is 70.4 Å². The van der Waals surface area contributed by atoms with Gasteiger partial charge in [0.25, 0.3) is 0 Å². The molecule has 1 N–H and O–H groups in total. The number of amides is 2. The fourth-order valence-corrected chi connectivity index (χ4v) is 6.45. The first kappa shape index (κ1) is 28.0. The third kappa shape index (κ3) is 5.67. The van der Waals surface area contributed by atoms with E-state index in [1.165, 1.54) is 11.1 Å². The summed E-state index contributed by atoms with van der Waals surface area (Å²) in [6.45, 7) is 8.94. The minimum atomic E-state index is -0.818. The largest absolute Gasteiger partial charge is 0.481 e. The Hall–Kier alpha value is -3.55. The number of ether oxygens (including phenoxy) is 2. The van der Waals surface area contributed by atoms with Gasteiger partial charge in [-0.1, -0.05) is 48.5 Å². The molecule has 0 aromatic heterocycles. The number of hydrogen-bond acceptors (Lipinski definition) is 5. The monoisotopic (exact) mass is 548 g/mol. The number of nitrogens with zero attached hydrogens (tertiary/aromatic N) is 2. The van der Waals surface area contributed by atoms with Crippen molar-refractivity contribution >= 4 is 18.2 Å². The molecule has 8 nitrogen and oxygen atoms in total. The molecule has 1 saturated carbocycles. The van der Waals surface area contributed by atoms with Crippen LogP contribution in [0.3, 0.4) is 0 Å². The average molecular weight is 549 g/mol. The van der Waals surface area contributed by atoms with Gasteiger partial charge in [-0.3, -0.25) is 4.79 Å². The maximum absolute atomic E-state index is 13.7. The number of fused-ring (bicyclic) bond motifs is 3. The first-order valence-corrected chi connectivity index (χ1v) is 14.4. The van der Waals surface area contributed by atoms with Crippen LogP contribution in [0, 0.1) is 11.8 Å². The fraction of sp³-hybridized carbons (Fsp3) is 0.531. The van der Waals surface area contributed by atoms with Gasteiger partial charge in [-0.05, 0) is 81.5 Å². The standard InChI is InChI=1S/C32H40N2O6/c1-20(21-13-15-33(16-14-21)30(37)40-32(2,3)4)34(23-17-22(18-23)29(35)36)31(38)39-19-28-26-11-7-5-9-24(26)25-10-6-8-12-27(25)28/h5-12,20-23,28H,13-19H2,1-4H3,(H,35,36). The van der Waals surface area contributed by atoms with Crippen LogP contribution in [-0.2, 0) is 14.3 Å². The molecule has 214 valence electrons. The lowest BCUT2D eigenvalue weighted by Gasteiger charge is -2.47. The number of likely N-dealkylation sites (tertiary alicyclic amines) is 1. The summed E-state index contributed by atoms with van der Waals surface area (Å²) in [5.41, 5.74) is 4.10. The van der Waals surface area contributed by atoms with E-state index in [0.29, 0.717) is 25.9 Å². The third-order valence-corrected chi connectivity index (χ3v) is 8.72. The van der Waals surface area contributed by atoms with E-state index in [-0.39, 0.29) is 36.6 Å². The fourth-order valence-electron chi connectivity index (χ4n) is 6.45. The molecule has 0 radical (unpaired) electrons. The molecule has 0 bridgehead atoms. The predicted octanol–water partition coefficient (Wildman–Crippen LogP) is 6.14. The molecule has 2 aromatic rings. The minimum Gasteiger partial charge on any atom is -0.481 e. The highest BCUT2D eigenvalue weighted by Crippen LogP contribution is 2.45. The quantitative estimate of drug-likeness (QED) is 0.466. The van der Waals surface area contributed by atoms with E-state index < -0.39 is 23.6 Å². The van der Waals surface area contributed by atoms with Gasteiger partial charge in [0, 0.05) is 31.1 Å². The summed E-state index contributed by atoms with van der Waals surface area (Å²) >= 11 is 0. The Kier molecular flexibility index (Phi) is 7.80. The normalized spacial score (nSPS) is 21.6. The highest BCUT2D eigenvalue weighted by molar-refractivity contribution is 5.79. The van der Waals surface area contributed by atoms with Gasteiger partial charge < -0.3 is 24.4 Å². The van der Waals surface area contributed by atoms with Crippen molar-refractivity contribution in [2.75, 3.05) is 19.7 Å². The number of carbonyl (C=O) groups excluding carboxylic acids is 2. The van der Waals surface area contributed by atoms with Crippen LogP contribution in [0.2, 0.25) is 0 Å². The lowest BCUT2D eigenvalue weighted by atomic mass is 9.77. The second kappa shape index (κ2) is 11.1. The lowest BCUT2D eigenvalue weighted by molar-refractivity contribution is -0.147. The zero-order valence-corrected chi connectivity index (χ0v) is 23.8. The molecule has 1 atom stereocenters. The summed E-state index contributed by atoms with van der Waals surface area (Å²) in [4.78, 5) is 41.3. The number of hydrogen-bond donors (Lipinski definition) is 1. The van der Waals surface area contributed by atoms with E-state index in [9.17, 15) is 19.5 Å². The molecule has 3 aliphatic rings. The number of carbonyl (C=O) groups is 3. The smallest absolute Gasteiger partial charge is 0.410 e. The van der Waals surface area contributed by atoms with Gasteiger partial charge in [0.1, 0.15) is 12.2 Å². The Balaban J connectivity index is 1.27. The lowest BCUT2D eigenvalue weighted by Crippen LogP contribution is -2.56. The highest BCUT2D eigenvalue weighted by Gasteiger charge is 2.45. The number of aliphatic carboxylic acids is 1. The van der Waals surface area contributed by atoms with Gasteiger partial charge in [0.2, 0.25) is 0 Å². The molecule has 5 rings (SSSR count). The molecule has 2 aromatic carbocycles. The molecule has 1 unspecified atom stereocenters. The van der Waals surface area contributed by atoms with Crippen molar-refractivity contribution in [3.8, 4) is 11.1 Å². The van der Waals surface area contributed by atoms with Gasteiger partial charge >= 0.3 is 18.2 Å². The Labute approximate surface area is 236 Å². The molecule has 8 heteroatoms. The number of benzene rings is 2. The molecule has 1 aliphatic heterocycles. The number of carboxylic acids is 1. The van der Waals surface area contributed by atoms with E-state index in [2.05, 4.69) is 24.3 Å². The van der Waals surface area contributed by atoms with Gasteiger partial charge in [-0.25, -0.2) is 9.59 Å². The maximum atomic E-state index is 13.7. The SMILES string of the molecule is CC(C1CCN(C(=O)OC(C)(C)C)CC1)N(C(=O)OCC1c2ccccc2-c2ccccc21)C1CC(C(=O)O)C1. The Morgan fingerprint density at radius 3 is 2.05 bits per heavy atom. The summed E-state index contributed by atoms with van der Waals surface area (Å²) < 4.78 is 11.6. The summed E-state index contributed by atoms with van der Waals surface area (Å²) in [6.07, 6.45) is 1.64. The molecule has 1 saturated heterocycles. The van der Waals surface area contributed by atoms with Gasteiger partial charge in [0.15, 0.2) is 0 Å². The van der Waals surface area contributed by atoms with E-state index in [1.54, 1.807) is 9.80 Å². The van der Waals surface area contributed by atoms with Gasteiger partial charge in [-0.2, -0.15) is 0 Å². The molecular weight excluding hydrogens is 508 g/mol. The predicted molar refractivity (Wildman–Crippen MR) is 151 cm³/mol. The van der Waals surface area contributed by atoms with Crippen molar-refractivity contribution in [2.24, 2.45) is 11.8 Å². The van der Waals surface area contributed by atoms with Crippen molar-refractivity contribution in [3.63, 3.8) is 0 Å². The van der Waals surface area contributed by atoms with Gasteiger partial charge in [0.05, 0.1) is 5.92 Å². The molecule has 1 heterocycles. The van der Waals surface area contributed by atoms with E-state index >= 15 is 0 Å². The Morgan fingerprint density at radius 2 is 1.52 bits per heavy atom. The van der Waals surface area contributed by atoms with Gasteiger partial charge in [-0.15, -0.1) is 0 Å². The highest BCUT2D eigenvalue weighted by atomic mass is 16.6. The van der Waals surface area contributed by atoms with Crippen molar-refractivity contribution in [3.05, 3.63) is 59.7 Å². The Morgan fingerprint density at radius 1 is 0.975 bits per heavy atom. The zero-order chi connectivity index (χ0) is 28.6. The van der Waals surface area contributed by atoms with E-state index in [4.69, 9.17) is 9.47 Å². The van der Waals surface area contributed by atoms with Crippen LogP contribution in [0.4, 0.5) is 9.59 Å². The number of rotatable bonds is 6. The molecule has 2 aliphatic carbocycles. The first-order valence-electron chi connectivity index (χ1n) is 14.4. The second-order valence-electron chi connectivity index (χ2n) is 12.4. The van der Waals surface area contributed by atoms with Crippen LogP contribution < -0.4 is 0 Å². The van der Waals surface area contributed by atoms with Crippen molar-refractivity contribution in [2.45, 2.75) is 77.0 Å². The summed E-state index contributed by atoms with van der Waals surface area (Å²) in [5.74, 6) is -1.13. The van der Waals surface area contributed by atoms with Crippen LogP contribution >= 0.6 is 0 Å². The number of carboxylic acid groups (broad SMARTS) is 1. The van der Waals surface area contributed by atoms with Crippen LogP contribution in [-0.4, -0.2) is 70.4 Å². The van der Waals surface area contributed by atoms with Crippen LogP contribution in [0.15, 0.2) is 48.5 Å². The second-order valence-corrected chi connectivity index (χ2v) is 12.4. The van der Waals surface area contributed by atoms with Crippen molar-refractivity contribution < 1.29 is 29.0 Å². The molecule has 2 amide bonds.